The molecule has 51 heavy (non-hydrogen) atoms. The van der Waals surface area contributed by atoms with Crippen LogP contribution in [-0.2, 0) is 5.41 Å². The number of hydrogen-bond donors (Lipinski definition) is 0. The van der Waals surface area contributed by atoms with Crippen molar-refractivity contribution in [1.29, 1.82) is 0 Å². The molecule has 0 N–H and O–H groups in total. The molecule has 0 spiro atoms. The lowest BCUT2D eigenvalue weighted by Crippen LogP contribution is -2.59. The molecular formula is C46H35BN2OS. The number of nitrogens with zero attached hydrogens (tertiary/aromatic N) is 2. The van der Waals surface area contributed by atoms with Gasteiger partial charge >= 0.3 is 0 Å². The molecule has 3 heterocycles. The molecule has 5 heteroatoms. The predicted molar refractivity (Wildman–Crippen MR) is 219 cm³/mol. The van der Waals surface area contributed by atoms with Crippen LogP contribution in [0.3, 0.4) is 0 Å². The average molecular weight is 675 g/mol. The van der Waals surface area contributed by atoms with Gasteiger partial charge in [-0.1, -0.05) is 99.6 Å². The maximum Gasteiger partial charge on any atom is 0.256 e. The summed E-state index contributed by atoms with van der Waals surface area (Å²) < 4.78 is 9.36. The molecule has 10 rings (SSSR count). The molecule has 244 valence electrons. The van der Waals surface area contributed by atoms with Crippen LogP contribution in [-0.4, -0.2) is 6.71 Å². The van der Waals surface area contributed by atoms with Gasteiger partial charge in [0.15, 0.2) is 0 Å². The average Bonchev–Trinajstić information content (AvgIpc) is 3.51. The Hall–Kier alpha value is -5.78. The molecule has 0 radical (unpaired) electrons. The van der Waals surface area contributed by atoms with Gasteiger partial charge in [-0.15, -0.1) is 11.3 Å². The fourth-order valence-corrected chi connectivity index (χ4v) is 9.19. The van der Waals surface area contributed by atoms with Gasteiger partial charge in [0, 0.05) is 54.3 Å². The van der Waals surface area contributed by atoms with Gasteiger partial charge < -0.3 is 14.5 Å². The van der Waals surface area contributed by atoms with E-state index in [9.17, 15) is 0 Å². The van der Waals surface area contributed by atoms with E-state index in [0.717, 1.165) is 34.2 Å². The molecule has 0 fully saturated rings. The van der Waals surface area contributed by atoms with E-state index < -0.39 is 0 Å². The first-order valence-electron chi connectivity index (χ1n) is 17.6. The first kappa shape index (κ1) is 30.1. The van der Waals surface area contributed by atoms with Gasteiger partial charge in [-0.2, -0.15) is 0 Å². The minimum absolute atomic E-state index is 0.0749. The number of benzene rings is 7. The fourth-order valence-electron chi connectivity index (χ4n) is 8.02. The van der Waals surface area contributed by atoms with Gasteiger partial charge in [0.25, 0.3) is 6.71 Å². The number of ether oxygens (including phenoxy) is 1. The Labute approximate surface area is 303 Å². The number of anilines is 6. The van der Waals surface area contributed by atoms with E-state index in [4.69, 9.17) is 4.74 Å². The largest absolute Gasteiger partial charge is 0.458 e. The van der Waals surface area contributed by atoms with E-state index in [1.807, 2.05) is 11.3 Å². The second kappa shape index (κ2) is 11.4. The summed E-state index contributed by atoms with van der Waals surface area (Å²) in [5.74, 6) is 1.87. The van der Waals surface area contributed by atoms with Gasteiger partial charge in [-0.05, 0) is 106 Å². The monoisotopic (exact) mass is 674 g/mol. The molecule has 0 atom stereocenters. The highest BCUT2D eigenvalue weighted by atomic mass is 32.1. The second-order valence-corrected chi connectivity index (χ2v) is 15.7. The minimum atomic E-state index is 0.0749. The van der Waals surface area contributed by atoms with Crippen LogP contribution in [0.15, 0.2) is 158 Å². The zero-order valence-electron chi connectivity index (χ0n) is 28.8. The van der Waals surface area contributed by atoms with E-state index in [0.29, 0.717) is 0 Å². The van der Waals surface area contributed by atoms with Crippen LogP contribution in [0.4, 0.5) is 34.1 Å². The van der Waals surface area contributed by atoms with Gasteiger partial charge in [0.05, 0.1) is 0 Å². The molecule has 2 aliphatic rings. The van der Waals surface area contributed by atoms with Crippen molar-refractivity contribution in [3.8, 4) is 11.5 Å². The molecule has 0 saturated carbocycles. The van der Waals surface area contributed by atoms with Crippen molar-refractivity contribution in [2.45, 2.75) is 26.2 Å². The van der Waals surface area contributed by atoms with E-state index in [2.05, 4.69) is 188 Å². The summed E-state index contributed by atoms with van der Waals surface area (Å²) >= 11 is 1.86. The maximum absolute atomic E-state index is 6.83. The zero-order valence-corrected chi connectivity index (χ0v) is 29.6. The highest BCUT2D eigenvalue weighted by Crippen LogP contribution is 2.44. The van der Waals surface area contributed by atoms with Crippen molar-refractivity contribution in [3.05, 3.63) is 163 Å². The number of para-hydroxylation sites is 3. The number of rotatable bonds is 4. The molecule has 0 amide bonds. The molecule has 1 aromatic heterocycles. The van der Waals surface area contributed by atoms with Gasteiger partial charge in [0.1, 0.15) is 11.5 Å². The van der Waals surface area contributed by atoms with Crippen LogP contribution in [0.5, 0.6) is 11.5 Å². The third kappa shape index (κ3) is 4.80. The van der Waals surface area contributed by atoms with Crippen LogP contribution < -0.4 is 30.9 Å². The normalized spacial score (nSPS) is 13.1. The maximum atomic E-state index is 6.83. The highest BCUT2D eigenvalue weighted by molar-refractivity contribution is 7.26. The Bertz CT molecular complexity index is 2610. The van der Waals surface area contributed by atoms with Crippen molar-refractivity contribution in [2.75, 3.05) is 9.80 Å². The van der Waals surface area contributed by atoms with Crippen molar-refractivity contribution < 1.29 is 4.74 Å². The van der Waals surface area contributed by atoms with Crippen LogP contribution >= 0.6 is 11.3 Å². The Morgan fingerprint density at radius 2 is 1.22 bits per heavy atom. The van der Waals surface area contributed by atoms with Gasteiger partial charge in [0.2, 0.25) is 0 Å². The third-order valence-corrected chi connectivity index (χ3v) is 11.6. The Morgan fingerprint density at radius 1 is 0.549 bits per heavy atom. The molecular weight excluding hydrogens is 639 g/mol. The van der Waals surface area contributed by atoms with Crippen molar-refractivity contribution in [3.63, 3.8) is 0 Å². The Morgan fingerprint density at radius 3 is 2.00 bits per heavy atom. The zero-order chi connectivity index (χ0) is 34.3. The van der Waals surface area contributed by atoms with E-state index in [1.54, 1.807) is 0 Å². The van der Waals surface area contributed by atoms with Crippen molar-refractivity contribution in [1.82, 2.24) is 0 Å². The molecule has 0 aliphatic carbocycles. The molecule has 0 unspecified atom stereocenters. The third-order valence-electron chi connectivity index (χ3n) is 10.5. The van der Waals surface area contributed by atoms with Crippen molar-refractivity contribution in [2.24, 2.45) is 0 Å². The smallest absolute Gasteiger partial charge is 0.256 e. The summed E-state index contributed by atoms with van der Waals surface area (Å²) in [7, 11) is 0. The number of thiophene rings is 1. The SMILES string of the molecule is CC(C)(C)c1ccc(N(c2ccccc2)c2ccc3c(c2)sc2cc4c(cc23)Oc2cccc3c2B4c2ccccc2N3c2ccccc2)cc1. The first-order chi connectivity index (χ1) is 24.9. The second-order valence-electron chi connectivity index (χ2n) is 14.6. The van der Waals surface area contributed by atoms with Gasteiger partial charge in [-0.25, -0.2) is 0 Å². The van der Waals surface area contributed by atoms with E-state index in [-0.39, 0.29) is 12.1 Å². The van der Waals surface area contributed by atoms with E-state index >= 15 is 0 Å². The van der Waals surface area contributed by atoms with E-state index in [1.165, 1.54) is 53.5 Å². The van der Waals surface area contributed by atoms with Gasteiger partial charge in [-0.3, -0.25) is 0 Å². The summed E-state index contributed by atoms with van der Waals surface area (Å²) in [4.78, 5) is 4.74. The van der Waals surface area contributed by atoms with Crippen LogP contribution in [0.25, 0.3) is 20.2 Å². The molecule has 2 aliphatic heterocycles. The van der Waals surface area contributed by atoms with Crippen LogP contribution in [0, 0.1) is 0 Å². The summed E-state index contributed by atoms with van der Waals surface area (Å²) in [6.45, 7) is 6.86. The predicted octanol–water partition coefficient (Wildman–Crippen LogP) is 11.2. The summed E-state index contributed by atoms with van der Waals surface area (Å²) in [6, 6.07) is 57.3. The Balaban J connectivity index is 1.12. The number of fused-ring (bicyclic) bond motifs is 7. The highest BCUT2D eigenvalue weighted by Gasteiger charge is 2.41. The summed E-state index contributed by atoms with van der Waals surface area (Å²) in [5, 5.41) is 2.48. The summed E-state index contributed by atoms with van der Waals surface area (Å²) in [6.07, 6.45) is 0. The first-order valence-corrected chi connectivity index (χ1v) is 18.4. The molecule has 7 aromatic carbocycles. The lowest BCUT2D eigenvalue weighted by Gasteiger charge is -2.39. The fraction of sp³-hybridized carbons (Fsp3) is 0.0870. The molecule has 3 nitrogen and oxygen atoms in total. The molecule has 0 bridgehead atoms. The van der Waals surface area contributed by atoms with Crippen LogP contribution in [0.2, 0.25) is 0 Å². The molecule has 8 aromatic rings. The number of hydrogen-bond acceptors (Lipinski definition) is 4. The Kier molecular flexibility index (Phi) is 6.71. The topological polar surface area (TPSA) is 15.7 Å². The van der Waals surface area contributed by atoms with Crippen molar-refractivity contribution >= 4 is 88.7 Å². The quantitative estimate of drug-likeness (QED) is 0.173. The minimum Gasteiger partial charge on any atom is -0.458 e. The lowest BCUT2D eigenvalue weighted by molar-refractivity contribution is 0.488. The van der Waals surface area contributed by atoms with Crippen LogP contribution in [0.1, 0.15) is 26.3 Å². The molecule has 0 saturated heterocycles. The summed E-state index contributed by atoms with van der Waals surface area (Å²) in [5.41, 5.74) is 12.1. The standard InChI is InChI=1S/C46H35BN2OS/c1-46(2,3)30-21-23-33(24-22-30)48(31-13-6-4-7-14-31)34-25-26-35-36-28-42-38(29-44(36)51-43(35)27-34)47-37-17-10-11-18-39(37)49(32-15-8-5-9-16-32)40-19-12-20-41(50-42)45(40)47/h4-29H,1-3H3. The lowest BCUT2D eigenvalue weighted by atomic mass is 9.34.